The number of carboxylic acids is 1. The van der Waals surface area contributed by atoms with E-state index in [9.17, 15) is 48.6 Å². The molecule has 11 N–H and O–H groups in total. The fourth-order valence-corrected chi connectivity index (χ4v) is 8.33. The maximum Gasteiger partial charge on any atom is 0.326 e. The van der Waals surface area contributed by atoms with Gasteiger partial charge >= 0.3 is 5.97 Å². The van der Waals surface area contributed by atoms with Crippen molar-refractivity contribution in [3.63, 3.8) is 0 Å². The molecule has 17 heteroatoms. The number of primary amides is 2. The van der Waals surface area contributed by atoms with Crippen LogP contribution in [0.2, 0.25) is 0 Å². The Morgan fingerprint density at radius 2 is 1.08 bits per heavy atom. The van der Waals surface area contributed by atoms with Gasteiger partial charge in [0, 0.05) is 31.7 Å². The summed E-state index contributed by atoms with van der Waals surface area (Å²) >= 11 is 0. The summed E-state index contributed by atoms with van der Waals surface area (Å²) in [5.74, 6) is -5.17. The first-order valence-corrected chi connectivity index (χ1v) is 25.0. The van der Waals surface area contributed by atoms with Crippen LogP contribution in [0.1, 0.15) is 128 Å². The number of aliphatic hydroxyl groups is 1. The summed E-state index contributed by atoms with van der Waals surface area (Å²) in [7, 11) is 0. The van der Waals surface area contributed by atoms with Gasteiger partial charge in [0.1, 0.15) is 30.5 Å². The zero-order valence-corrected chi connectivity index (χ0v) is 41.6. The molecule has 71 heavy (non-hydrogen) atoms. The summed E-state index contributed by atoms with van der Waals surface area (Å²) in [5.41, 5.74) is 14.7. The van der Waals surface area contributed by atoms with Crippen LogP contribution in [0.5, 0.6) is 0 Å². The first kappa shape index (κ1) is 58.9. The van der Waals surface area contributed by atoms with Crippen LogP contribution in [0.25, 0.3) is 11.1 Å². The molecule has 388 valence electrons. The number of nitrogens with one attached hydrogen (secondary N) is 5. The van der Waals surface area contributed by atoms with Gasteiger partial charge in [-0.25, -0.2) is 4.79 Å². The van der Waals surface area contributed by atoms with Gasteiger partial charge < -0.3 is 53.1 Å². The molecule has 6 amide bonds. The van der Waals surface area contributed by atoms with Gasteiger partial charge in [-0.2, -0.15) is 0 Å². The number of nitrogens with two attached hydrogens (primary N) is 2. The maximum atomic E-state index is 13.7. The summed E-state index contributed by atoms with van der Waals surface area (Å²) < 4.78 is 0. The van der Waals surface area contributed by atoms with Gasteiger partial charge in [0.05, 0.1) is 18.6 Å². The lowest BCUT2D eigenvalue weighted by Gasteiger charge is -2.27. The minimum atomic E-state index is -1.34. The van der Waals surface area contributed by atoms with Crippen molar-refractivity contribution in [2.75, 3.05) is 0 Å². The molecule has 17 nitrogen and oxygen atoms in total. The molecule has 0 heterocycles. The average molecular weight is 984 g/mol. The average Bonchev–Trinajstić information content (AvgIpc) is 3.33. The van der Waals surface area contributed by atoms with Gasteiger partial charge in [0.25, 0.3) is 0 Å². The molecule has 3 rings (SSSR count). The summed E-state index contributed by atoms with van der Waals surface area (Å²) in [6.07, 6.45) is 8.36. The Morgan fingerprint density at radius 3 is 1.65 bits per heavy atom. The van der Waals surface area contributed by atoms with Gasteiger partial charge in [-0.3, -0.25) is 28.8 Å². The van der Waals surface area contributed by atoms with Crippen LogP contribution in [-0.4, -0.2) is 100 Å². The van der Waals surface area contributed by atoms with Crippen LogP contribution in [0.3, 0.4) is 0 Å². The summed E-state index contributed by atoms with van der Waals surface area (Å²) in [6, 6.07) is 20.2. The minimum Gasteiger partial charge on any atom is -0.480 e. The van der Waals surface area contributed by atoms with Crippen molar-refractivity contribution in [1.82, 2.24) is 26.6 Å². The van der Waals surface area contributed by atoms with E-state index in [1.54, 1.807) is 24.3 Å². The van der Waals surface area contributed by atoms with E-state index in [0.29, 0.717) is 37.7 Å². The number of unbranched alkanes of at least 4 members (excludes halogenated alkanes) is 8. The van der Waals surface area contributed by atoms with Gasteiger partial charge in [0.2, 0.25) is 35.4 Å². The minimum absolute atomic E-state index is 0.0259. The van der Waals surface area contributed by atoms with Crippen molar-refractivity contribution in [3.05, 3.63) is 96.1 Å². The van der Waals surface area contributed by atoms with Crippen molar-refractivity contribution in [1.29, 1.82) is 0 Å². The van der Waals surface area contributed by atoms with Gasteiger partial charge in [0.15, 0.2) is 0 Å². The number of carboxylic acid groups (broad SMARTS) is 1. The fourth-order valence-electron chi connectivity index (χ4n) is 8.33. The molecule has 0 radical (unpaired) electrons. The molecule has 0 aliphatic heterocycles. The van der Waals surface area contributed by atoms with Crippen molar-refractivity contribution in [3.8, 4) is 11.1 Å². The summed E-state index contributed by atoms with van der Waals surface area (Å²) in [4.78, 5) is 101. The molecule has 0 saturated carbocycles. The maximum absolute atomic E-state index is 13.7. The van der Waals surface area contributed by atoms with E-state index in [0.717, 1.165) is 67.9 Å². The molecule has 1 unspecified atom stereocenters. The third kappa shape index (κ3) is 23.3. The van der Waals surface area contributed by atoms with E-state index in [2.05, 4.69) is 26.6 Å². The lowest BCUT2D eigenvalue weighted by atomic mass is 9.98. The number of carbonyl (C=O) groups is 8. The predicted molar refractivity (Wildman–Crippen MR) is 272 cm³/mol. The molecule has 0 aromatic heterocycles. The number of aliphatic hydroxyl groups excluding tert-OH is 1. The van der Waals surface area contributed by atoms with Crippen LogP contribution in [-0.2, 0) is 51.2 Å². The largest absolute Gasteiger partial charge is 0.480 e. The second-order valence-electron chi connectivity index (χ2n) is 18.8. The van der Waals surface area contributed by atoms with Crippen LogP contribution in [0.15, 0.2) is 84.9 Å². The molecule has 3 aromatic rings. The number of aliphatic carboxylic acids is 1. The van der Waals surface area contributed by atoms with E-state index < -0.39 is 77.7 Å². The number of amides is 6. The Hall–Kier alpha value is -6.46. The van der Waals surface area contributed by atoms with Crippen LogP contribution in [0.4, 0.5) is 0 Å². The highest BCUT2D eigenvalue weighted by Gasteiger charge is 2.32. The fraction of sp³-hybridized carbons (Fsp3) is 0.519. The van der Waals surface area contributed by atoms with E-state index >= 15 is 0 Å². The normalized spacial score (nSPS) is 14.2. The Balaban J connectivity index is 1.54. The summed E-state index contributed by atoms with van der Waals surface area (Å²) in [5, 5.41) is 34.5. The van der Waals surface area contributed by atoms with Crippen molar-refractivity contribution >= 4 is 47.7 Å². The summed E-state index contributed by atoms with van der Waals surface area (Å²) in [6.45, 7) is 5.10. The molecular formula is C54H77N7O10. The smallest absolute Gasteiger partial charge is 0.326 e. The second kappa shape index (κ2) is 32.4. The van der Waals surface area contributed by atoms with Crippen molar-refractivity contribution < 1.29 is 48.6 Å². The molecular weight excluding hydrogens is 907 g/mol. The number of hydrogen-bond donors (Lipinski definition) is 9. The van der Waals surface area contributed by atoms with E-state index in [1.807, 2.05) is 74.5 Å². The SMILES string of the molecule is CC(C)C[C@H](NC(=O)[C@@H](NC(=O)CCCCCCCC(CCCCCCC=O)N[C@@H](CC(N)=O)C(=O)N[C@@H](Cc1ccc(-c2ccccc2)cc1)C(=O)O)[C@H](C)O)C(=O)N[C@@H](Cc1ccccc1)C(N)=O. The first-order chi connectivity index (χ1) is 34.0. The Bertz CT molecular complexity index is 2120. The van der Waals surface area contributed by atoms with Crippen LogP contribution in [0, 0.1) is 5.92 Å². The molecule has 0 aliphatic rings. The molecule has 0 fully saturated rings. The highest BCUT2D eigenvalue weighted by Crippen LogP contribution is 2.21. The number of carbonyl (C=O) groups excluding carboxylic acids is 7. The quantitative estimate of drug-likeness (QED) is 0.0288. The highest BCUT2D eigenvalue weighted by atomic mass is 16.4. The lowest BCUT2D eigenvalue weighted by molar-refractivity contribution is -0.142. The number of hydrogen-bond acceptors (Lipinski definition) is 10. The zero-order valence-electron chi connectivity index (χ0n) is 41.6. The number of rotatable bonds is 36. The molecule has 0 bridgehead atoms. The van der Waals surface area contributed by atoms with Crippen molar-refractivity contribution in [2.24, 2.45) is 17.4 Å². The second-order valence-corrected chi connectivity index (χ2v) is 18.8. The van der Waals surface area contributed by atoms with Crippen LogP contribution < -0.4 is 38.1 Å². The monoisotopic (exact) mass is 984 g/mol. The first-order valence-electron chi connectivity index (χ1n) is 25.0. The van der Waals surface area contributed by atoms with Gasteiger partial charge in [-0.1, -0.05) is 144 Å². The molecule has 7 atom stereocenters. The Morgan fingerprint density at radius 1 is 0.577 bits per heavy atom. The molecule has 0 spiro atoms. The standard InChI is InChI=1S/C54H77N7O10/c1-36(2)32-44(51(67)58-43(50(56)66)33-38-20-12-10-13-21-38)59-53(69)49(37(3)63)61-48(65)26-18-8-4-6-16-24-42(25-17-7-5-9-19-31-62)57-45(35-47(55)64)52(68)60-46(54(70)71)34-39-27-29-41(30-28-39)40-22-14-11-15-23-40/h10-15,20-23,27-31,36-37,42-46,49,57,63H,4-9,16-19,24-26,32-35H2,1-3H3,(H2,55,64)(H2,56,66)(H,58,67)(H,59,69)(H,60,68)(H,61,65)(H,70,71)/t37-,42?,43-,44-,45-,46-,49-/m0/s1. The molecule has 0 saturated heterocycles. The van der Waals surface area contributed by atoms with Crippen molar-refractivity contribution in [2.45, 2.75) is 172 Å². The third-order valence-corrected chi connectivity index (χ3v) is 12.2. The van der Waals surface area contributed by atoms with Gasteiger partial charge in [-0.15, -0.1) is 0 Å². The third-order valence-electron chi connectivity index (χ3n) is 12.2. The van der Waals surface area contributed by atoms with E-state index in [-0.39, 0.29) is 44.1 Å². The number of benzene rings is 3. The molecule has 0 aliphatic carbocycles. The Labute approximate surface area is 418 Å². The lowest BCUT2D eigenvalue weighted by Crippen LogP contribution is -2.59. The van der Waals surface area contributed by atoms with Gasteiger partial charge in [-0.05, 0) is 67.2 Å². The highest BCUT2D eigenvalue weighted by molar-refractivity contribution is 5.94. The van der Waals surface area contributed by atoms with Crippen LogP contribution >= 0.6 is 0 Å². The van der Waals surface area contributed by atoms with E-state index in [1.165, 1.54) is 6.92 Å². The predicted octanol–water partition coefficient (Wildman–Crippen LogP) is 4.55. The topological polar surface area (TPSA) is 289 Å². The number of aldehydes is 1. The zero-order chi connectivity index (χ0) is 52.1. The Kier molecular flexibility index (Phi) is 26.9. The van der Waals surface area contributed by atoms with E-state index in [4.69, 9.17) is 11.5 Å². The molecule has 3 aromatic carbocycles.